The molecule has 0 saturated carbocycles. The molecule has 2 aromatic carbocycles. The number of nitrogens with two attached hydrogens (primary N) is 1. The van der Waals surface area contributed by atoms with Gasteiger partial charge in [-0.2, -0.15) is 0 Å². The Kier molecular flexibility index (Phi) is 13.6. The van der Waals surface area contributed by atoms with Crippen molar-refractivity contribution in [2.75, 3.05) is 14.2 Å². The van der Waals surface area contributed by atoms with Gasteiger partial charge in [-0.05, 0) is 35.4 Å². The monoisotopic (exact) mass is 489 g/mol. The van der Waals surface area contributed by atoms with Crippen LogP contribution in [0.15, 0.2) is 48.5 Å². The van der Waals surface area contributed by atoms with E-state index in [0.717, 1.165) is 12.1 Å². The lowest BCUT2D eigenvalue weighted by Crippen LogP contribution is -2.20. The highest BCUT2D eigenvalue weighted by atomic mass is 35.5. The van der Waals surface area contributed by atoms with Gasteiger partial charge in [-0.3, -0.25) is 14.4 Å². The molecule has 0 fully saturated rings. The minimum Gasteiger partial charge on any atom is -0.481 e. The predicted octanol–water partition coefficient (Wildman–Crippen LogP) is 3.46. The fourth-order valence-corrected chi connectivity index (χ4v) is 2.11. The molecule has 2 atom stereocenters. The number of hydrogen-bond donors (Lipinski definition) is 3. The maximum Gasteiger partial charge on any atom is 0.403 e. The third kappa shape index (κ3) is 12.1. The highest BCUT2D eigenvalue weighted by molar-refractivity contribution is 6.61. The molecule has 0 bridgehead atoms. The maximum atomic E-state index is 12.6. The standard InChI is InChI=1S/C11H11FO4.C8H8FNO2.C2H3ClO2/c1-16-10(13)6-9(11(14)15)7-2-4-8(12)5-3-7;9-6-3-1-5(2-4-6)7(10)8(11)12;1-5-2(3)4/h2-5,9H,6H2,1H3,(H,14,15);1-4,7H,10H2,(H,11,12);1H3/t9-;7-;/m11./s1. The molecule has 0 aliphatic carbocycles. The van der Waals surface area contributed by atoms with Crippen molar-refractivity contribution in [3.05, 3.63) is 71.3 Å². The summed E-state index contributed by atoms with van der Waals surface area (Å²) in [6.07, 6.45) is -0.266. The molecular formula is C21H22ClF2NO8. The lowest BCUT2D eigenvalue weighted by atomic mass is 9.96. The van der Waals surface area contributed by atoms with E-state index in [1.54, 1.807) is 0 Å². The van der Waals surface area contributed by atoms with E-state index >= 15 is 0 Å². The van der Waals surface area contributed by atoms with Crippen molar-refractivity contribution in [2.24, 2.45) is 5.73 Å². The van der Waals surface area contributed by atoms with Crippen LogP contribution in [0.2, 0.25) is 0 Å². The molecule has 9 nitrogen and oxygen atoms in total. The van der Waals surface area contributed by atoms with E-state index in [9.17, 15) is 28.0 Å². The van der Waals surface area contributed by atoms with E-state index < -0.39 is 46.9 Å². The molecule has 180 valence electrons. The van der Waals surface area contributed by atoms with Crippen LogP contribution in [0.1, 0.15) is 29.5 Å². The highest BCUT2D eigenvalue weighted by Crippen LogP contribution is 2.20. The van der Waals surface area contributed by atoms with E-state index in [4.69, 9.17) is 15.9 Å². The third-order valence-corrected chi connectivity index (χ3v) is 3.98. The number of benzene rings is 2. The van der Waals surface area contributed by atoms with Gasteiger partial charge in [-0.25, -0.2) is 13.6 Å². The number of halogens is 3. The molecule has 0 amide bonds. The van der Waals surface area contributed by atoms with Crippen LogP contribution < -0.4 is 5.73 Å². The van der Waals surface area contributed by atoms with Gasteiger partial charge in [0.25, 0.3) is 0 Å². The summed E-state index contributed by atoms with van der Waals surface area (Å²) in [4.78, 5) is 41.7. The van der Waals surface area contributed by atoms with Gasteiger partial charge in [-0.15, -0.1) is 0 Å². The Balaban J connectivity index is 0.000000530. The van der Waals surface area contributed by atoms with Crippen molar-refractivity contribution in [3.8, 4) is 0 Å². The molecule has 0 aromatic heterocycles. The second-order valence-electron chi connectivity index (χ2n) is 6.03. The Morgan fingerprint density at radius 1 is 0.848 bits per heavy atom. The summed E-state index contributed by atoms with van der Waals surface area (Å²) in [6.45, 7) is 0. The minimum atomic E-state index is -1.14. The zero-order valence-corrected chi connectivity index (χ0v) is 18.3. The van der Waals surface area contributed by atoms with Crippen molar-refractivity contribution in [3.63, 3.8) is 0 Å². The zero-order chi connectivity index (χ0) is 25.6. The lowest BCUT2D eigenvalue weighted by molar-refractivity contribution is -0.147. The normalized spacial score (nSPS) is 11.3. The van der Waals surface area contributed by atoms with Crippen molar-refractivity contribution < 1.29 is 47.6 Å². The van der Waals surface area contributed by atoms with Crippen molar-refractivity contribution in [1.29, 1.82) is 0 Å². The van der Waals surface area contributed by atoms with Gasteiger partial charge in [0.1, 0.15) is 17.7 Å². The van der Waals surface area contributed by atoms with Gasteiger partial charge >= 0.3 is 23.3 Å². The Labute approximate surface area is 192 Å². The number of carboxylic acid groups (broad SMARTS) is 2. The summed E-state index contributed by atoms with van der Waals surface area (Å²) >= 11 is 4.60. The molecule has 0 spiro atoms. The summed E-state index contributed by atoms with van der Waals surface area (Å²) < 4.78 is 33.3. The van der Waals surface area contributed by atoms with E-state index in [2.05, 4.69) is 21.1 Å². The Morgan fingerprint density at radius 3 is 1.55 bits per heavy atom. The first-order valence-electron chi connectivity index (χ1n) is 8.95. The Bertz CT molecular complexity index is 923. The second kappa shape index (κ2) is 15.3. The van der Waals surface area contributed by atoms with Gasteiger partial charge in [-0.1, -0.05) is 24.3 Å². The molecule has 0 aliphatic rings. The molecule has 33 heavy (non-hydrogen) atoms. The summed E-state index contributed by atoms with van der Waals surface area (Å²) in [5.41, 5.74) is 5.26. The second-order valence-corrected chi connectivity index (χ2v) is 6.34. The highest BCUT2D eigenvalue weighted by Gasteiger charge is 2.23. The van der Waals surface area contributed by atoms with Gasteiger partial charge in [0.05, 0.1) is 26.6 Å². The summed E-state index contributed by atoms with van der Waals surface area (Å²) in [5.74, 6) is -4.74. The molecule has 0 radical (unpaired) electrons. The smallest absolute Gasteiger partial charge is 0.403 e. The topological polar surface area (TPSA) is 153 Å². The Hall–Kier alpha value is -3.57. The van der Waals surface area contributed by atoms with E-state index in [-0.39, 0.29) is 6.42 Å². The van der Waals surface area contributed by atoms with Gasteiger partial charge in [0.15, 0.2) is 0 Å². The first-order valence-corrected chi connectivity index (χ1v) is 9.33. The Morgan fingerprint density at radius 2 is 1.24 bits per heavy atom. The van der Waals surface area contributed by atoms with E-state index in [0.29, 0.717) is 11.1 Å². The number of aliphatic carboxylic acids is 2. The number of carbonyl (C=O) groups is 4. The molecule has 0 heterocycles. The van der Waals surface area contributed by atoms with E-state index in [1.807, 2.05) is 0 Å². The number of ether oxygens (including phenoxy) is 2. The number of esters is 1. The SMILES string of the molecule is COC(=O)C[C@@H](C(=O)O)c1ccc(F)cc1.COC(=O)Cl.N[C@@H](C(=O)O)c1ccc(F)cc1. The van der Waals surface area contributed by atoms with Crippen LogP contribution in [-0.2, 0) is 23.9 Å². The molecule has 0 unspecified atom stereocenters. The van der Waals surface area contributed by atoms with Crippen LogP contribution in [0.25, 0.3) is 0 Å². The molecule has 12 heteroatoms. The van der Waals surface area contributed by atoms with Crippen molar-refractivity contribution in [2.45, 2.75) is 18.4 Å². The van der Waals surface area contributed by atoms with Crippen LogP contribution in [0.5, 0.6) is 0 Å². The molecule has 2 rings (SSSR count). The van der Waals surface area contributed by atoms with Crippen LogP contribution in [0.3, 0.4) is 0 Å². The average Bonchev–Trinajstić information content (AvgIpc) is 2.78. The fourth-order valence-electron chi connectivity index (χ4n) is 2.11. The quantitative estimate of drug-likeness (QED) is 0.408. The largest absolute Gasteiger partial charge is 0.481 e. The van der Waals surface area contributed by atoms with E-state index in [1.165, 1.54) is 50.6 Å². The van der Waals surface area contributed by atoms with Gasteiger partial charge in [0.2, 0.25) is 0 Å². The number of carboxylic acids is 2. The fraction of sp³-hybridized carbons (Fsp3) is 0.238. The summed E-state index contributed by atoms with van der Waals surface area (Å²) in [5, 5.41) is 17.4. The molecular weight excluding hydrogens is 468 g/mol. The molecule has 0 saturated heterocycles. The summed E-state index contributed by atoms with van der Waals surface area (Å²) in [7, 11) is 2.40. The molecule has 4 N–H and O–H groups in total. The van der Waals surface area contributed by atoms with Gasteiger partial charge < -0.3 is 25.4 Å². The number of rotatable bonds is 6. The number of carbonyl (C=O) groups excluding carboxylic acids is 2. The number of methoxy groups -OCH3 is 2. The maximum absolute atomic E-state index is 12.6. The molecule has 0 aliphatic heterocycles. The van der Waals surface area contributed by atoms with Crippen LogP contribution in [-0.4, -0.2) is 47.8 Å². The average molecular weight is 490 g/mol. The van der Waals surface area contributed by atoms with Crippen LogP contribution in [0, 0.1) is 11.6 Å². The molecule has 2 aromatic rings. The zero-order valence-electron chi connectivity index (χ0n) is 17.5. The van der Waals surface area contributed by atoms with Crippen molar-refractivity contribution in [1.82, 2.24) is 0 Å². The van der Waals surface area contributed by atoms with Crippen LogP contribution >= 0.6 is 11.6 Å². The first kappa shape index (κ1) is 29.4. The van der Waals surface area contributed by atoms with Gasteiger partial charge in [0, 0.05) is 11.6 Å². The lowest BCUT2D eigenvalue weighted by Gasteiger charge is -2.10. The third-order valence-electron chi connectivity index (χ3n) is 3.82. The minimum absolute atomic E-state index is 0.266. The first-order chi connectivity index (χ1) is 15.4. The van der Waals surface area contributed by atoms with Crippen molar-refractivity contribution >= 4 is 34.9 Å². The number of hydrogen-bond acceptors (Lipinski definition) is 7. The summed E-state index contributed by atoms with van der Waals surface area (Å²) in [6, 6.07) is 8.99. The van der Waals surface area contributed by atoms with Crippen LogP contribution in [0.4, 0.5) is 13.6 Å². The predicted molar refractivity (Wildman–Crippen MR) is 113 cm³/mol.